The van der Waals surface area contributed by atoms with Crippen LogP contribution in [0.5, 0.6) is 0 Å². The molecule has 6 heteroatoms. The maximum atomic E-state index is 12.9. The van der Waals surface area contributed by atoms with Gasteiger partial charge in [0.1, 0.15) is 0 Å². The molecule has 3 amide bonds. The molecular weight excluding hydrogens is 394 g/mol. The number of urea groups is 1. The molecule has 2 aromatic rings. The topological polar surface area (TPSA) is 70.2 Å². The molecule has 5 nitrogen and oxygen atoms in total. The highest BCUT2D eigenvalue weighted by Crippen LogP contribution is 2.28. The third-order valence-electron chi connectivity index (χ3n) is 4.34. The fraction of sp³-hybridized carbons (Fsp3) is 0.200. The zero-order valence-electron chi connectivity index (χ0n) is 14.6. The first-order valence-electron chi connectivity index (χ1n) is 8.42. The van der Waals surface area contributed by atoms with Crippen LogP contribution in [0.4, 0.5) is 10.5 Å². The van der Waals surface area contributed by atoms with Crippen molar-refractivity contribution in [2.75, 3.05) is 5.32 Å². The molecule has 1 aliphatic heterocycles. The van der Waals surface area contributed by atoms with E-state index in [0.29, 0.717) is 17.0 Å². The number of halogens is 1. The summed E-state index contributed by atoms with van der Waals surface area (Å²) >= 11 is 3.38. The van der Waals surface area contributed by atoms with Crippen molar-refractivity contribution >= 4 is 33.6 Å². The van der Waals surface area contributed by atoms with Crippen molar-refractivity contribution < 1.29 is 9.59 Å². The highest BCUT2D eigenvalue weighted by Gasteiger charge is 2.31. The molecule has 0 radical (unpaired) electrons. The Labute approximate surface area is 161 Å². The summed E-state index contributed by atoms with van der Waals surface area (Å²) in [5, 5.41) is 8.44. The van der Waals surface area contributed by atoms with Crippen LogP contribution >= 0.6 is 15.9 Å². The van der Waals surface area contributed by atoms with Gasteiger partial charge in [0, 0.05) is 15.9 Å². The molecule has 0 aliphatic carbocycles. The molecule has 1 heterocycles. The van der Waals surface area contributed by atoms with Gasteiger partial charge in [0.2, 0.25) is 0 Å². The van der Waals surface area contributed by atoms with Crippen LogP contribution in [0, 0.1) is 0 Å². The van der Waals surface area contributed by atoms with Gasteiger partial charge in [-0.15, -0.1) is 0 Å². The first-order valence-corrected chi connectivity index (χ1v) is 9.21. The lowest BCUT2D eigenvalue weighted by molar-refractivity contribution is -0.113. The third-order valence-corrected chi connectivity index (χ3v) is 4.87. The SMILES string of the molecule is CCc1ccc([C@H]2NC(=O)NC(C)=C2C(=O)Nc2ccc(Br)cc2)cc1. The monoisotopic (exact) mass is 413 g/mol. The van der Waals surface area contributed by atoms with Crippen molar-refractivity contribution in [3.05, 3.63) is 75.4 Å². The van der Waals surface area contributed by atoms with Crippen LogP contribution in [-0.4, -0.2) is 11.9 Å². The highest BCUT2D eigenvalue weighted by atomic mass is 79.9. The lowest BCUT2D eigenvalue weighted by Crippen LogP contribution is -2.45. The number of hydrogen-bond acceptors (Lipinski definition) is 2. The highest BCUT2D eigenvalue weighted by molar-refractivity contribution is 9.10. The van der Waals surface area contributed by atoms with Crippen molar-refractivity contribution in [3.8, 4) is 0 Å². The van der Waals surface area contributed by atoms with E-state index in [1.165, 1.54) is 5.56 Å². The average molecular weight is 414 g/mol. The number of hydrogen-bond donors (Lipinski definition) is 3. The molecule has 2 aromatic carbocycles. The number of amides is 3. The lowest BCUT2D eigenvalue weighted by atomic mass is 9.94. The summed E-state index contributed by atoms with van der Waals surface area (Å²) in [5.41, 5.74) is 3.81. The number of aryl methyl sites for hydroxylation is 1. The molecule has 134 valence electrons. The van der Waals surface area contributed by atoms with Gasteiger partial charge in [0.25, 0.3) is 5.91 Å². The van der Waals surface area contributed by atoms with E-state index in [9.17, 15) is 9.59 Å². The Morgan fingerprint density at radius 3 is 2.38 bits per heavy atom. The van der Waals surface area contributed by atoms with Gasteiger partial charge in [0.15, 0.2) is 0 Å². The quantitative estimate of drug-likeness (QED) is 0.699. The van der Waals surface area contributed by atoms with E-state index in [0.717, 1.165) is 16.5 Å². The van der Waals surface area contributed by atoms with Gasteiger partial charge in [0.05, 0.1) is 11.6 Å². The summed E-state index contributed by atoms with van der Waals surface area (Å²) in [6, 6.07) is 14.5. The molecule has 0 saturated carbocycles. The molecule has 1 aliphatic rings. The molecule has 3 N–H and O–H groups in total. The van der Waals surface area contributed by atoms with Crippen molar-refractivity contribution in [2.24, 2.45) is 0 Å². The summed E-state index contributed by atoms with van der Waals surface area (Å²) < 4.78 is 0.936. The molecular formula is C20H20BrN3O2. The fourth-order valence-corrected chi connectivity index (χ4v) is 3.19. The number of benzene rings is 2. The number of nitrogens with one attached hydrogen (secondary N) is 3. The Hall–Kier alpha value is -2.60. The predicted octanol–water partition coefficient (Wildman–Crippen LogP) is 4.28. The second-order valence-corrected chi connectivity index (χ2v) is 7.04. The standard InChI is InChI=1S/C20H20BrN3O2/c1-3-13-4-6-14(7-5-13)18-17(12(2)22-20(26)24-18)19(25)23-16-10-8-15(21)9-11-16/h4-11,18H,3H2,1-2H3,(H,23,25)(H2,22,24,26)/t18-/m1/s1. The molecule has 0 unspecified atom stereocenters. The van der Waals surface area contributed by atoms with E-state index in [-0.39, 0.29) is 11.9 Å². The minimum Gasteiger partial charge on any atom is -0.327 e. The third kappa shape index (κ3) is 3.96. The van der Waals surface area contributed by atoms with Crippen LogP contribution in [0.25, 0.3) is 0 Å². The molecule has 0 aromatic heterocycles. The molecule has 0 fully saturated rings. The molecule has 3 rings (SSSR count). The summed E-state index contributed by atoms with van der Waals surface area (Å²) in [6.45, 7) is 3.82. The van der Waals surface area contributed by atoms with Crippen LogP contribution < -0.4 is 16.0 Å². The van der Waals surface area contributed by atoms with Gasteiger partial charge in [-0.3, -0.25) is 4.79 Å². The fourth-order valence-electron chi connectivity index (χ4n) is 2.92. The van der Waals surface area contributed by atoms with Crippen molar-refractivity contribution in [1.29, 1.82) is 0 Å². The van der Waals surface area contributed by atoms with Gasteiger partial charge < -0.3 is 16.0 Å². The molecule has 1 atom stereocenters. The first kappa shape index (κ1) is 18.2. The number of carbonyl (C=O) groups is 2. The van der Waals surface area contributed by atoms with E-state index in [2.05, 4.69) is 38.8 Å². The van der Waals surface area contributed by atoms with Gasteiger partial charge in [-0.25, -0.2) is 4.79 Å². The summed E-state index contributed by atoms with van der Waals surface area (Å²) in [7, 11) is 0. The minimum absolute atomic E-state index is 0.248. The van der Waals surface area contributed by atoms with Crippen LogP contribution in [0.3, 0.4) is 0 Å². The maximum Gasteiger partial charge on any atom is 0.319 e. The number of allylic oxidation sites excluding steroid dienone is 1. The molecule has 0 spiro atoms. The Kier molecular flexibility index (Phi) is 5.42. The van der Waals surface area contributed by atoms with E-state index in [1.54, 1.807) is 6.92 Å². The Bertz CT molecular complexity index is 858. The van der Waals surface area contributed by atoms with E-state index < -0.39 is 6.04 Å². The Morgan fingerprint density at radius 2 is 1.77 bits per heavy atom. The summed E-state index contributed by atoms with van der Waals surface area (Å²) in [5.74, 6) is -0.248. The normalized spacial score (nSPS) is 16.7. The Balaban J connectivity index is 1.91. The maximum absolute atomic E-state index is 12.9. The number of anilines is 1. The molecule has 0 bridgehead atoms. The van der Waals surface area contributed by atoms with E-state index >= 15 is 0 Å². The van der Waals surface area contributed by atoms with Crippen molar-refractivity contribution in [3.63, 3.8) is 0 Å². The zero-order valence-corrected chi connectivity index (χ0v) is 16.2. The smallest absolute Gasteiger partial charge is 0.319 e. The molecule has 26 heavy (non-hydrogen) atoms. The lowest BCUT2D eigenvalue weighted by Gasteiger charge is -2.28. The van der Waals surface area contributed by atoms with Crippen LogP contribution in [0.2, 0.25) is 0 Å². The number of carbonyl (C=O) groups excluding carboxylic acids is 2. The average Bonchev–Trinajstić information content (AvgIpc) is 2.63. The minimum atomic E-state index is -0.495. The second-order valence-electron chi connectivity index (χ2n) is 6.13. The largest absolute Gasteiger partial charge is 0.327 e. The van der Waals surface area contributed by atoms with Gasteiger partial charge in [-0.1, -0.05) is 47.1 Å². The summed E-state index contributed by atoms with van der Waals surface area (Å²) in [6.07, 6.45) is 0.935. The van der Waals surface area contributed by atoms with E-state index in [4.69, 9.17) is 0 Å². The number of rotatable bonds is 4. The molecule has 0 saturated heterocycles. The van der Waals surface area contributed by atoms with Gasteiger partial charge in [-0.2, -0.15) is 0 Å². The van der Waals surface area contributed by atoms with Crippen LogP contribution in [-0.2, 0) is 11.2 Å². The Morgan fingerprint density at radius 1 is 1.12 bits per heavy atom. The van der Waals surface area contributed by atoms with Crippen molar-refractivity contribution in [2.45, 2.75) is 26.3 Å². The zero-order chi connectivity index (χ0) is 18.7. The van der Waals surface area contributed by atoms with E-state index in [1.807, 2.05) is 48.5 Å². The van der Waals surface area contributed by atoms with Crippen molar-refractivity contribution in [1.82, 2.24) is 10.6 Å². The van der Waals surface area contributed by atoms with Gasteiger partial charge >= 0.3 is 6.03 Å². The second kappa shape index (κ2) is 7.74. The van der Waals surface area contributed by atoms with Gasteiger partial charge in [-0.05, 0) is 48.7 Å². The van der Waals surface area contributed by atoms with Crippen LogP contribution in [0.1, 0.15) is 31.0 Å². The predicted molar refractivity (Wildman–Crippen MR) is 106 cm³/mol. The first-order chi connectivity index (χ1) is 12.5. The van der Waals surface area contributed by atoms with Crippen LogP contribution in [0.15, 0.2) is 64.3 Å². The summed E-state index contributed by atoms with van der Waals surface area (Å²) in [4.78, 5) is 24.9.